The van der Waals surface area contributed by atoms with Crippen molar-refractivity contribution in [3.63, 3.8) is 0 Å². The minimum Gasteiger partial charge on any atom is -0.507 e. The lowest BCUT2D eigenvalue weighted by molar-refractivity contribution is -0.288. The molecule has 1 N–H and O–H groups in total. The average molecular weight is 566 g/mol. The van der Waals surface area contributed by atoms with E-state index in [1.807, 2.05) is 0 Å². The largest absolute Gasteiger partial charge is 0.507 e. The van der Waals surface area contributed by atoms with Gasteiger partial charge in [0.2, 0.25) is 12.4 Å². The van der Waals surface area contributed by atoms with Crippen molar-refractivity contribution >= 4 is 41.0 Å². The Balaban J connectivity index is 1.91. The van der Waals surface area contributed by atoms with Crippen LogP contribution in [0, 0.1) is 0 Å². The summed E-state index contributed by atoms with van der Waals surface area (Å²) in [4.78, 5) is 63.8. The maximum absolute atomic E-state index is 12.6. The van der Waals surface area contributed by atoms with Gasteiger partial charge < -0.3 is 33.5 Å². The molecule has 0 bridgehead atoms. The van der Waals surface area contributed by atoms with Crippen LogP contribution in [-0.4, -0.2) is 77.1 Å². The molecule has 13 nitrogen and oxygen atoms in total. The van der Waals surface area contributed by atoms with Crippen LogP contribution in [-0.2, 0) is 49.3 Å². The smallest absolute Gasteiger partial charge is 0.303 e. The second kappa shape index (κ2) is 13.2. The molecule has 0 amide bonds. The number of rotatable bonds is 10. The van der Waals surface area contributed by atoms with Crippen molar-refractivity contribution in [2.75, 3.05) is 6.61 Å². The van der Waals surface area contributed by atoms with E-state index in [4.69, 9.17) is 28.4 Å². The third-order valence-corrected chi connectivity index (χ3v) is 5.93. The summed E-state index contributed by atoms with van der Waals surface area (Å²) < 4.78 is 32.7. The second-order valence-electron chi connectivity index (χ2n) is 8.44. The Morgan fingerprint density at radius 1 is 0.923 bits per heavy atom. The van der Waals surface area contributed by atoms with Crippen molar-refractivity contribution in [2.45, 2.75) is 64.8 Å². The van der Waals surface area contributed by atoms with Crippen molar-refractivity contribution in [3.05, 3.63) is 40.3 Å². The Kier molecular flexibility index (Phi) is 9.95. The van der Waals surface area contributed by atoms with Gasteiger partial charge in [-0.3, -0.25) is 24.0 Å². The molecular weight excluding hydrogens is 538 g/mol. The van der Waals surface area contributed by atoms with Crippen LogP contribution in [0.1, 0.15) is 43.7 Å². The highest BCUT2D eigenvalue weighted by Gasteiger charge is 2.53. The van der Waals surface area contributed by atoms with E-state index in [1.54, 1.807) is 10.9 Å². The quantitative estimate of drug-likeness (QED) is 0.251. The average Bonchev–Trinajstić information content (AvgIpc) is 3.33. The van der Waals surface area contributed by atoms with Gasteiger partial charge in [0.05, 0.1) is 23.2 Å². The zero-order valence-electron chi connectivity index (χ0n) is 21.5. The Morgan fingerprint density at radius 3 is 2.13 bits per heavy atom. The predicted molar refractivity (Wildman–Crippen MR) is 131 cm³/mol. The minimum absolute atomic E-state index is 0.00129. The molecule has 1 aromatic carbocycles. The van der Waals surface area contributed by atoms with E-state index in [-0.39, 0.29) is 23.5 Å². The molecule has 2 heterocycles. The maximum Gasteiger partial charge on any atom is 0.303 e. The van der Waals surface area contributed by atoms with E-state index in [2.05, 4.69) is 4.98 Å². The molecule has 2 aromatic rings. The van der Waals surface area contributed by atoms with Crippen molar-refractivity contribution in [3.8, 4) is 11.5 Å². The molecule has 1 fully saturated rings. The van der Waals surface area contributed by atoms with Crippen LogP contribution in [0.2, 0.25) is 0 Å². The Bertz CT molecular complexity index is 1210. The van der Waals surface area contributed by atoms with E-state index in [1.165, 1.54) is 23.5 Å². The molecule has 5 atom stereocenters. The lowest BCUT2D eigenvalue weighted by Gasteiger charge is -2.43. The fraction of sp³-hybridized carbons (Fsp3) is 0.440. The molecule has 0 spiro atoms. The van der Waals surface area contributed by atoms with Crippen LogP contribution >= 0.6 is 11.3 Å². The molecule has 1 saturated heterocycles. The van der Waals surface area contributed by atoms with E-state index in [0.717, 1.165) is 33.8 Å². The van der Waals surface area contributed by atoms with Crippen molar-refractivity contribution in [1.82, 2.24) is 4.98 Å². The number of hydrogen-bond donors (Lipinski definition) is 1. The van der Waals surface area contributed by atoms with Crippen LogP contribution in [0.5, 0.6) is 11.5 Å². The van der Waals surface area contributed by atoms with Gasteiger partial charge in [-0.05, 0) is 12.1 Å². The van der Waals surface area contributed by atoms with Gasteiger partial charge in [-0.25, -0.2) is 4.98 Å². The summed E-state index contributed by atoms with van der Waals surface area (Å²) in [6, 6.07) is 3.87. The number of esters is 4. The van der Waals surface area contributed by atoms with E-state index >= 15 is 0 Å². The van der Waals surface area contributed by atoms with Crippen LogP contribution < -0.4 is 4.74 Å². The molecule has 0 unspecified atom stereocenters. The minimum atomic E-state index is -1.48. The van der Waals surface area contributed by atoms with Gasteiger partial charge in [0.15, 0.2) is 18.0 Å². The number of carbonyl (C=O) groups is 5. The second-order valence-corrected chi connectivity index (χ2v) is 9.16. The molecule has 0 aliphatic carbocycles. The van der Waals surface area contributed by atoms with Gasteiger partial charge in [-0.15, -0.1) is 11.3 Å². The lowest BCUT2D eigenvalue weighted by Crippen LogP contribution is -2.63. The zero-order valence-corrected chi connectivity index (χ0v) is 22.3. The van der Waals surface area contributed by atoms with Gasteiger partial charge in [0, 0.05) is 39.1 Å². The van der Waals surface area contributed by atoms with Gasteiger partial charge in [0.1, 0.15) is 24.2 Å². The first-order valence-electron chi connectivity index (χ1n) is 11.6. The summed E-state index contributed by atoms with van der Waals surface area (Å²) in [6.07, 6.45) is -6.90. The number of phenolic OH excluding ortho intramolecular Hbond substituents is 1. The predicted octanol–water partition coefficient (Wildman–Crippen LogP) is 1.74. The molecule has 3 rings (SSSR count). The number of hydrogen-bond acceptors (Lipinski definition) is 14. The first-order chi connectivity index (χ1) is 18.4. The van der Waals surface area contributed by atoms with Crippen molar-refractivity contribution in [2.24, 2.45) is 0 Å². The standard InChI is InChI=1S/C25H27NO12S/c1-12(27)33-9-21-22(34-13(2)28)23(35-14(3)29)24(36-15(4)30)25(38-21)37-17-5-6-18(20(32)8-17)19(31)7-16-10-39-11-26-16/h5-6,8,10-11,21-25,32H,7,9H2,1-4H3/t21-,22-,23+,24-,25-/m0/s1. The maximum atomic E-state index is 12.6. The fourth-order valence-electron chi connectivity index (χ4n) is 3.82. The number of ether oxygens (including phenoxy) is 6. The van der Waals surface area contributed by atoms with Gasteiger partial charge >= 0.3 is 23.9 Å². The monoisotopic (exact) mass is 565 g/mol. The summed E-state index contributed by atoms with van der Waals surface area (Å²) in [6.45, 7) is 4.04. The molecule has 1 aliphatic heterocycles. The highest BCUT2D eigenvalue weighted by molar-refractivity contribution is 7.07. The molecule has 39 heavy (non-hydrogen) atoms. The van der Waals surface area contributed by atoms with E-state index < -0.39 is 66.9 Å². The normalized spacial score (nSPS) is 22.3. The molecule has 1 aliphatic rings. The Hall–Kier alpha value is -4.04. The molecule has 0 radical (unpaired) electrons. The number of carbonyl (C=O) groups excluding carboxylic acids is 5. The number of phenols is 1. The third-order valence-electron chi connectivity index (χ3n) is 5.30. The number of nitrogens with zero attached hydrogens (tertiary/aromatic N) is 1. The van der Waals surface area contributed by atoms with Crippen molar-refractivity contribution < 1.29 is 57.5 Å². The molecular formula is C25H27NO12S. The van der Waals surface area contributed by atoms with Gasteiger partial charge in [-0.2, -0.15) is 0 Å². The van der Waals surface area contributed by atoms with Crippen LogP contribution in [0.25, 0.3) is 0 Å². The molecule has 1 aromatic heterocycles. The summed E-state index contributed by atoms with van der Waals surface area (Å²) >= 11 is 1.34. The first kappa shape index (κ1) is 29.5. The first-order valence-corrected chi connectivity index (χ1v) is 12.6. The summed E-state index contributed by atoms with van der Waals surface area (Å²) in [5.41, 5.74) is 2.17. The Labute approximate surface area is 226 Å². The van der Waals surface area contributed by atoms with Crippen LogP contribution in [0.4, 0.5) is 0 Å². The number of ketones is 1. The highest BCUT2D eigenvalue weighted by Crippen LogP contribution is 2.32. The van der Waals surface area contributed by atoms with Crippen LogP contribution in [0.15, 0.2) is 29.1 Å². The zero-order chi connectivity index (χ0) is 28.7. The number of Topliss-reactive ketones (excluding diaryl/α,β-unsaturated/α-hetero) is 1. The highest BCUT2D eigenvalue weighted by atomic mass is 32.1. The van der Waals surface area contributed by atoms with Gasteiger partial charge in [0.25, 0.3) is 0 Å². The topological polar surface area (TPSA) is 174 Å². The number of benzene rings is 1. The lowest BCUT2D eigenvalue weighted by atomic mass is 9.98. The SMILES string of the molecule is CC(=O)OC[C@@H]1O[C@H](Oc2ccc(C(=O)Cc3cscn3)c(O)c2)[C@@H](OC(C)=O)[C@H](OC(C)=O)[C@H]1OC(C)=O. The number of thiazole rings is 1. The Morgan fingerprint density at radius 2 is 1.56 bits per heavy atom. The molecule has 210 valence electrons. The van der Waals surface area contributed by atoms with Gasteiger partial charge in [-0.1, -0.05) is 0 Å². The summed E-state index contributed by atoms with van der Waals surface area (Å²) in [5.74, 6) is -3.78. The fourth-order valence-corrected chi connectivity index (χ4v) is 4.38. The summed E-state index contributed by atoms with van der Waals surface area (Å²) in [5, 5.41) is 12.2. The van der Waals surface area contributed by atoms with Crippen LogP contribution in [0.3, 0.4) is 0 Å². The molecule has 14 heteroatoms. The summed E-state index contributed by atoms with van der Waals surface area (Å²) in [7, 11) is 0. The number of aromatic nitrogens is 1. The third kappa shape index (κ3) is 8.22. The van der Waals surface area contributed by atoms with E-state index in [9.17, 15) is 29.1 Å². The van der Waals surface area contributed by atoms with E-state index in [0.29, 0.717) is 5.69 Å². The molecule has 0 saturated carbocycles. The number of aromatic hydroxyl groups is 1. The van der Waals surface area contributed by atoms with Crippen molar-refractivity contribution in [1.29, 1.82) is 0 Å².